The molecule has 2 aromatic carbocycles. The van der Waals surface area contributed by atoms with Crippen molar-refractivity contribution in [2.75, 3.05) is 17.2 Å². The number of nitrogens with zero attached hydrogens (tertiary/aromatic N) is 1. The first-order chi connectivity index (χ1) is 10.6. The van der Waals surface area contributed by atoms with Gasteiger partial charge in [-0.25, -0.2) is 4.39 Å². The Balaban J connectivity index is 1.93. The molecular weight excluding hydrogens is 297 g/mol. The second-order valence-electron chi connectivity index (χ2n) is 5.12. The maximum atomic E-state index is 12.9. The summed E-state index contributed by atoms with van der Waals surface area (Å²) in [7, 11) is 0. The number of rotatable bonds is 7. The molecule has 0 aliphatic carbocycles. The van der Waals surface area contributed by atoms with E-state index in [0.29, 0.717) is 5.75 Å². The van der Waals surface area contributed by atoms with Gasteiger partial charge in [0.05, 0.1) is 11.5 Å². The number of aliphatic hydroxyl groups is 1. The Kier molecular flexibility index (Phi) is 6.28. The maximum absolute atomic E-state index is 12.9. The summed E-state index contributed by atoms with van der Waals surface area (Å²) in [4.78, 5) is 2.29. The molecule has 2 aromatic rings. The molecular formula is C18H22FNOS. The molecule has 0 spiro atoms. The lowest BCUT2D eigenvalue weighted by Gasteiger charge is -2.30. The first-order valence-electron chi connectivity index (χ1n) is 7.48. The largest absolute Gasteiger partial charge is 0.388 e. The average Bonchev–Trinajstić information content (AvgIpc) is 2.55. The molecule has 22 heavy (non-hydrogen) atoms. The number of benzene rings is 2. The number of anilines is 1. The van der Waals surface area contributed by atoms with E-state index >= 15 is 0 Å². The van der Waals surface area contributed by atoms with Gasteiger partial charge in [-0.3, -0.25) is 0 Å². The Morgan fingerprint density at radius 3 is 2.32 bits per heavy atom. The van der Waals surface area contributed by atoms with Crippen LogP contribution in [0.4, 0.5) is 10.1 Å². The number of aliphatic hydroxyl groups excluding tert-OH is 1. The number of hydrogen-bond acceptors (Lipinski definition) is 3. The third-order valence-corrected chi connectivity index (χ3v) is 4.86. The van der Waals surface area contributed by atoms with Crippen LogP contribution in [-0.2, 0) is 0 Å². The molecule has 0 heterocycles. The van der Waals surface area contributed by atoms with Crippen LogP contribution in [0, 0.1) is 5.82 Å². The van der Waals surface area contributed by atoms with Crippen LogP contribution in [-0.4, -0.2) is 22.8 Å². The van der Waals surface area contributed by atoms with E-state index in [-0.39, 0.29) is 11.2 Å². The molecule has 0 aromatic heterocycles. The highest BCUT2D eigenvalue weighted by Crippen LogP contribution is 2.26. The molecule has 0 aliphatic heterocycles. The van der Waals surface area contributed by atoms with Gasteiger partial charge in [-0.2, -0.15) is 0 Å². The van der Waals surface area contributed by atoms with Crippen LogP contribution in [0.3, 0.4) is 0 Å². The summed E-state index contributed by atoms with van der Waals surface area (Å²) in [5, 5.41) is 10.5. The molecule has 0 bridgehead atoms. The topological polar surface area (TPSA) is 23.5 Å². The van der Waals surface area contributed by atoms with E-state index in [1.807, 2.05) is 18.2 Å². The SMILES string of the molecule is CCN(c1ccccc1)C(C)SCC(O)c1ccc(F)cc1. The lowest BCUT2D eigenvalue weighted by atomic mass is 10.1. The lowest BCUT2D eigenvalue weighted by Crippen LogP contribution is -2.31. The lowest BCUT2D eigenvalue weighted by molar-refractivity contribution is 0.204. The number of para-hydroxylation sites is 1. The van der Waals surface area contributed by atoms with Crippen molar-refractivity contribution in [3.8, 4) is 0 Å². The number of hydrogen-bond donors (Lipinski definition) is 1. The highest BCUT2D eigenvalue weighted by molar-refractivity contribution is 8.00. The smallest absolute Gasteiger partial charge is 0.123 e. The van der Waals surface area contributed by atoms with E-state index < -0.39 is 6.10 Å². The normalized spacial score (nSPS) is 13.6. The third kappa shape index (κ3) is 4.49. The van der Waals surface area contributed by atoms with Crippen molar-refractivity contribution in [1.29, 1.82) is 0 Å². The Morgan fingerprint density at radius 2 is 1.73 bits per heavy atom. The summed E-state index contributed by atoms with van der Waals surface area (Å²) in [5.41, 5.74) is 1.94. The van der Waals surface area contributed by atoms with E-state index in [4.69, 9.17) is 0 Å². The van der Waals surface area contributed by atoms with Gasteiger partial charge in [0.2, 0.25) is 0 Å². The fourth-order valence-corrected chi connectivity index (χ4v) is 3.47. The zero-order chi connectivity index (χ0) is 15.9. The van der Waals surface area contributed by atoms with Crippen LogP contribution in [0.15, 0.2) is 54.6 Å². The summed E-state index contributed by atoms with van der Waals surface area (Å²) < 4.78 is 12.9. The van der Waals surface area contributed by atoms with Crippen molar-refractivity contribution in [2.45, 2.75) is 25.3 Å². The maximum Gasteiger partial charge on any atom is 0.123 e. The van der Waals surface area contributed by atoms with E-state index in [1.165, 1.54) is 17.8 Å². The Labute approximate surface area is 136 Å². The minimum atomic E-state index is -0.581. The van der Waals surface area contributed by atoms with E-state index in [9.17, 15) is 9.50 Å². The van der Waals surface area contributed by atoms with Crippen LogP contribution < -0.4 is 4.90 Å². The molecule has 2 rings (SSSR count). The van der Waals surface area contributed by atoms with Crippen LogP contribution in [0.2, 0.25) is 0 Å². The molecule has 2 nitrogen and oxygen atoms in total. The van der Waals surface area contributed by atoms with E-state index in [2.05, 4.69) is 30.9 Å². The van der Waals surface area contributed by atoms with Crippen molar-refractivity contribution in [1.82, 2.24) is 0 Å². The van der Waals surface area contributed by atoms with Crippen molar-refractivity contribution >= 4 is 17.4 Å². The van der Waals surface area contributed by atoms with Crippen LogP contribution in [0.25, 0.3) is 0 Å². The molecule has 2 unspecified atom stereocenters. The summed E-state index contributed by atoms with van der Waals surface area (Å²) in [5.74, 6) is 0.300. The molecule has 0 saturated heterocycles. The quantitative estimate of drug-likeness (QED) is 0.762. The standard InChI is InChI=1S/C18H22FNOS/c1-3-20(17-7-5-4-6-8-17)14(2)22-13-18(21)15-9-11-16(19)12-10-15/h4-12,14,18,21H,3,13H2,1-2H3. The van der Waals surface area contributed by atoms with Crippen molar-refractivity contribution in [2.24, 2.45) is 0 Å². The molecule has 4 heteroatoms. The molecule has 0 radical (unpaired) electrons. The molecule has 1 N–H and O–H groups in total. The van der Waals surface area contributed by atoms with Gasteiger partial charge in [0, 0.05) is 18.0 Å². The summed E-state index contributed by atoms with van der Waals surface area (Å²) >= 11 is 1.69. The van der Waals surface area contributed by atoms with Gasteiger partial charge in [-0.1, -0.05) is 30.3 Å². The first kappa shape index (κ1) is 16.8. The molecule has 0 fully saturated rings. The summed E-state index contributed by atoms with van der Waals surface area (Å²) in [6.45, 7) is 5.17. The monoisotopic (exact) mass is 319 g/mol. The van der Waals surface area contributed by atoms with E-state index in [1.54, 1.807) is 23.9 Å². The van der Waals surface area contributed by atoms with Crippen LogP contribution in [0.1, 0.15) is 25.5 Å². The van der Waals surface area contributed by atoms with Crippen molar-refractivity contribution in [3.05, 3.63) is 66.0 Å². The van der Waals surface area contributed by atoms with Gasteiger partial charge in [0.1, 0.15) is 5.82 Å². The Bertz CT molecular complexity index is 561. The zero-order valence-electron chi connectivity index (χ0n) is 12.9. The van der Waals surface area contributed by atoms with Gasteiger partial charge in [-0.05, 0) is 43.7 Å². The minimum Gasteiger partial charge on any atom is -0.388 e. The second-order valence-corrected chi connectivity index (χ2v) is 6.47. The summed E-state index contributed by atoms with van der Waals surface area (Å²) in [6, 6.07) is 16.3. The van der Waals surface area contributed by atoms with Gasteiger partial charge >= 0.3 is 0 Å². The molecule has 0 amide bonds. The molecule has 0 saturated carbocycles. The fourth-order valence-electron chi connectivity index (χ4n) is 2.37. The Hall–Kier alpha value is -1.52. The predicted molar refractivity (Wildman–Crippen MR) is 92.7 cm³/mol. The second kappa shape index (κ2) is 8.20. The highest BCUT2D eigenvalue weighted by Gasteiger charge is 2.16. The molecule has 2 atom stereocenters. The van der Waals surface area contributed by atoms with Gasteiger partial charge < -0.3 is 10.0 Å². The molecule has 118 valence electrons. The van der Waals surface area contributed by atoms with Crippen molar-refractivity contribution < 1.29 is 9.50 Å². The van der Waals surface area contributed by atoms with Crippen molar-refractivity contribution in [3.63, 3.8) is 0 Å². The van der Waals surface area contributed by atoms with Gasteiger partial charge in [0.15, 0.2) is 0 Å². The number of halogens is 1. The summed E-state index contributed by atoms with van der Waals surface area (Å²) in [6.07, 6.45) is -0.581. The first-order valence-corrected chi connectivity index (χ1v) is 8.53. The zero-order valence-corrected chi connectivity index (χ0v) is 13.8. The van der Waals surface area contributed by atoms with E-state index in [0.717, 1.165) is 12.1 Å². The fraction of sp³-hybridized carbons (Fsp3) is 0.333. The average molecular weight is 319 g/mol. The van der Waals surface area contributed by atoms with Crippen LogP contribution in [0.5, 0.6) is 0 Å². The van der Waals surface area contributed by atoms with Crippen LogP contribution >= 0.6 is 11.8 Å². The predicted octanol–water partition coefficient (Wildman–Crippen LogP) is 4.46. The molecule has 0 aliphatic rings. The highest BCUT2D eigenvalue weighted by atomic mass is 32.2. The Morgan fingerprint density at radius 1 is 1.09 bits per heavy atom. The van der Waals surface area contributed by atoms with Gasteiger partial charge in [-0.15, -0.1) is 11.8 Å². The number of thioether (sulfide) groups is 1. The third-order valence-electron chi connectivity index (χ3n) is 3.62. The minimum absolute atomic E-state index is 0.252. The van der Waals surface area contributed by atoms with Gasteiger partial charge in [0.25, 0.3) is 0 Å².